The van der Waals surface area contributed by atoms with Gasteiger partial charge in [-0.05, 0) is 44.2 Å². The molecule has 1 N–H and O–H groups in total. The zero-order chi connectivity index (χ0) is 13.1. The summed E-state index contributed by atoms with van der Waals surface area (Å²) in [5.41, 5.74) is 2.64. The second-order valence-electron chi connectivity index (χ2n) is 6.08. The topological polar surface area (TPSA) is 21.3 Å². The summed E-state index contributed by atoms with van der Waals surface area (Å²) in [5.74, 6) is 2.12. The van der Waals surface area contributed by atoms with E-state index in [0.717, 1.165) is 31.2 Å². The molecular formula is C17H25NO. The van der Waals surface area contributed by atoms with E-state index in [1.807, 2.05) is 0 Å². The predicted octanol–water partition coefficient (Wildman–Crippen LogP) is 3.99. The smallest absolute Gasteiger partial charge is 0.126 e. The Morgan fingerprint density at radius 2 is 2.11 bits per heavy atom. The SMILES string of the molecule is Cc1cccc2c1OCCCC2NCCC1CCC1. The van der Waals surface area contributed by atoms with E-state index >= 15 is 0 Å². The average molecular weight is 259 g/mol. The van der Waals surface area contributed by atoms with Crippen LogP contribution < -0.4 is 10.1 Å². The van der Waals surface area contributed by atoms with Crippen LogP contribution in [0.5, 0.6) is 5.75 Å². The van der Waals surface area contributed by atoms with E-state index in [4.69, 9.17) is 4.74 Å². The minimum Gasteiger partial charge on any atom is -0.493 e. The molecule has 0 saturated heterocycles. The third kappa shape index (κ3) is 2.94. The number of rotatable bonds is 4. The minimum absolute atomic E-state index is 0.484. The lowest BCUT2D eigenvalue weighted by molar-refractivity contribution is 0.285. The number of ether oxygens (including phenoxy) is 1. The Bertz CT molecular complexity index is 425. The van der Waals surface area contributed by atoms with Gasteiger partial charge in [0.05, 0.1) is 6.61 Å². The fourth-order valence-corrected chi connectivity index (χ4v) is 3.22. The van der Waals surface area contributed by atoms with Gasteiger partial charge in [0, 0.05) is 11.6 Å². The van der Waals surface area contributed by atoms with Crippen molar-refractivity contribution in [3.8, 4) is 5.75 Å². The molecule has 1 heterocycles. The van der Waals surface area contributed by atoms with Gasteiger partial charge in [0.1, 0.15) is 5.75 Å². The van der Waals surface area contributed by atoms with Crippen molar-refractivity contribution in [3.63, 3.8) is 0 Å². The first kappa shape index (κ1) is 13.0. The molecule has 1 saturated carbocycles. The van der Waals surface area contributed by atoms with Gasteiger partial charge in [-0.3, -0.25) is 0 Å². The van der Waals surface area contributed by atoms with Crippen molar-refractivity contribution in [2.75, 3.05) is 13.2 Å². The zero-order valence-electron chi connectivity index (χ0n) is 12.0. The molecular weight excluding hydrogens is 234 g/mol. The van der Waals surface area contributed by atoms with E-state index in [-0.39, 0.29) is 0 Å². The van der Waals surface area contributed by atoms with Crippen molar-refractivity contribution >= 4 is 0 Å². The van der Waals surface area contributed by atoms with Gasteiger partial charge >= 0.3 is 0 Å². The molecule has 1 aliphatic carbocycles. The summed E-state index contributed by atoms with van der Waals surface area (Å²) in [6.07, 6.45) is 8.04. The number of hydrogen-bond donors (Lipinski definition) is 1. The molecule has 1 aliphatic heterocycles. The first-order valence-corrected chi connectivity index (χ1v) is 7.80. The van der Waals surface area contributed by atoms with Crippen molar-refractivity contribution < 1.29 is 4.74 Å². The molecule has 19 heavy (non-hydrogen) atoms. The Morgan fingerprint density at radius 1 is 1.21 bits per heavy atom. The molecule has 1 atom stereocenters. The van der Waals surface area contributed by atoms with Gasteiger partial charge in [-0.15, -0.1) is 0 Å². The van der Waals surface area contributed by atoms with Crippen LogP contribution in [0.2, 0.25) is 0 Å². The van der Waals surface area contributed by atoms with Crippen LogP contribution in [0.3, 0.4) is 0 Å². The number of para-hydroxylation sites is 1. The van der Waals surface area contributed by atoms with E-state index in [9.17, 15) is 0 Å². The van der Waals surface area contributed by atoms with Crippen molar-refractivity contribution in [1.29, 1.82) is 0 Å². The quantitative estimate of drug-likeness (QED) is 0.883. The lowest BCUT2D eigenvalue weighted by Crippen LogP contribution is -2.25. The van der Waals surface area contributed by atoms with Crippen molar-refractivity contribution in [2.45, 2.75) is 51.5 Å². The van der Waals surface area contributed by atoms with Gasteiger partial charge in [0.25, 0.3) is 0 Å². The summed E-state index contributed by atoms with van der Waals surface area (Å²) in [4.78, 5) is 0. The molecule has 2 heteroatoms. The van der Waals surface area contributed by atoms with Gasteiger partial charge < -0.3 is 10.1 Å². The van der Waals surface area contributed by atoms with Crippen molar-refractivity contribution in [2.24, 2.45) is 5.92 Å². The monoisotopic (exact) mass is 259 g/mol. The Morgan fingerprint density at radius 3 is 2.89 bits per heavy atom. The molecule has 1 unspecified atom stereocenters. The third-order valence-electron chi connectivity index (χ3n) is 4.67. The first-order valence-electron chi connectivity index (χ1n) is 7.80. The number of hydrogen-bond acceptors (Lipinski definition) is 2. The van der Waals surface area contributed by atoms with Gasteiger partial charge in [-0.2, -0.15) is 0 Å². The molecule has 104 valence electrons. The van der Waals surface area contributed by atoms with E-state index in [1.165, 1.54) is 43.2 Å². The molecule has 1 fully saturated rings. The Kier molecular flexibility index (Phi) is 4.07. The molecule has 0 radical (unpaired) electrons. The predicted molar refractivity (Wildman–Crippen MR) is 78.6 cm³/mol. The van der Waals surface area contributed by atoms with E-state index in [1.54, 1.807) is 0 Å². The highest BCUT2D eigenvalue weighted by Crippen LogP contribution is 2.34. The third-order valence-corrected chi connectivity index (χ3v) is 4.67. The highest BCUT2D eigenvalue weighted by Gasteiger charge is 2.22. The molecule has 2 aliphatic rings. The summed E-state index contributed by atoms with van der Waals surface area (Å²) in [6.45, 7) is 4.16. The highest BCUT2D eigenvalue weighted by atomic mass is 16.5. The van der Waals surface area contributed by atoms with Gasteiger partial charge in [-0.25, -0.2) is 0 Å². The molecule has 3 rings (SSSR count). The highest BCUT2D eigenvalue weighted by molar-refractivity contribution is 5.43. The number of fused-ring (bicyclic) bond motifs is 1. The maximum absolute atomic E-state index is 5.93. The Labute approximate surface area is 116 Å². The van der Waals surface area contributed by atoms with E-state index in [0.29, 0.717) is 6.04 Å². The molecule has 2 nitrogen and oxygen atoms in total. The molecule has 0 bridgehead atoms. The van der Waals surface area contributed by atoms with Crippen LogP contribution >= 0.6 is 0 Å². The molecule has 0 aromatic heterocycles. The van der Waals surface area contributed by atoms with Crippen molar-refractivity contribution in [3.05, 3.63) is 29.3 Å². The standard InChI is InChI=1S/C17H25NO/c1-13-5-2-8-15-16(9-4-12-19-17(13)15)18-11-10-14-6-3-7-14/h2,5,8,14,16,18H,3-4,6-7,9-12H2,1H3. The second-order valence-corrected chi connectivity index (χ2v) is 6.08. The van der Waals surface area contributed by atoms with Crippen LogP contribution in [-0.4, -0.2) is 13.2 Å². The summed E-state index contributed by atoms with van der Waals surface area (Å²) >= 11 is 0. The number of aryl methyl sites for hydroxylation is 1. The van der Waals surface area contributed by atoms with Crippen LogP contribution in [0.15, 0.2) is 18.2 Å². The van der Waals surface area contributed by atoms with E-state index in [2.05, 4.69) is 30.4 Å². The van der Waals surface area contributed by atoms with Gasteiger partial charge in [-0.1, -0.05) is 37.5 Å². The maximum atomic E-state index is 5.93. The van der Waals surface area contributed by atoms with Gasteiger partial charge in [0.2, 0.25) is 0 Å². The number of nitrogens with one attached hydrogen (secondary N) is 1. The normalized spacial score (nSPS) is 23.1. The summed E-state index contributed by atoms with van der Waals surface area (Å²) in [5, 5.41) is 3.76. The molecule has 1 aromatic rings. The summed E-state index contributed by atoms with van der Waals surface area (Å²) in [7, 11) is 0. The summed E-state index contributed by atoms with van der Waals surface area (Å²) in [6, 6.07) is 7.02. The average Bonchev–Trinajstić information content (AvgIpc) is 2.56. The first-order chi connectivity index (χ1) is 9.34. The number of benzene rings is 1. The lowest BCUT2D eigenvalue weighted by Gasteiger charge is -2.27. The van der Waals surface area contributed by atoms with Crippen molar-refractivity contribution in [1.82, 2.24) is 5.32 Å². The fraction of sp³-hybridized carbons (Fsp3) is 0.647. The van der Waals surface area contributed by atoms with Gasteiger partial charge in [0.15, 0.2) is 0 Å². The minimum atomic E-state index is 0.484. The molecule has 1 aromatic carbocycles. The van der Waals surface area contributed by atoms with Crippen LogP contribution in [0.4, 0.5) is 0 Å². The van der Waals surface area contributed by atoms with Crippen LogP contribution in [-0.2, 0) is 0 Å². The maximum Gasteiger partial charge on any atom is 0.126 e. The lowest BCUT2D eigenvalue weighted by atomic mass is 9.83. The Balaban J connectivity index is 1.65. The van der Waals surface area contributed by atoms with E-state index < -0.39 is 0 Å². The zero-order valence-corrected chi connectivity index (χ0v) is 12.0. The van der Waals surface area contributed by atoms with Crippen LogP contribution in [0.1, 0.15) is 55.7 Å². The Hall–Kier alpha value is -1.02. The molecule has 0 spiro atoms. The second kappa shape index (κ2) is 5.96. The fourth-order valence-electron chi connectivity index (χ4n) is 3.22. The van der Waals surface area contributed by atoms with Crippen LogP contribution in [0, 0.1) is 12.8 Å². The largest absolute Gasteiger partial charge is 0.493 e. The molecule has 0 amide bonds. The summed E-state index contributed by atoms with van der Waals surface area (Å²) < 4.78 is 5.93. The van der Waals surface area contributed by atoms with Crippen LogP contribution in [0.25, 0.3) is 0 Å².